The van der Waals surface area contributed by atoms with Crippen LogP contribution in [0.1, 0.15) is 32.3 Å². The number of nitrogens with one attached hydrogen (secondary N) is 1. The predicted molar refractivity (Wildman–Crippen MR) is 74.1 cm³/mol. The van der Waals surface area contributed by atoms with E-state index in [1.807, 2.05) is 6.92 Å². The molecular weight excluding hydrogens is 286 g/mol. The number of alkyl halides is 4. The number of aryl methyl sites for hydroxylation is 1. The van der Waals surface area contributed by atoms with Crippen LogP contribution in [0.3, 0.4) is 0 Å². The molecule has 0 radical (unpaired) electrons. The Hall–Kier alpha value is -1.30. The second-order valence-corrected chi connectivity index (χ2v) is 5.17. The van der Waals surface area contributed by atoms with E-state index in [-0.39, 0.29) is 12.2 Å². The highest BCUT2D eigenvalue weighted by atomic mass is 19.3. The van der Waals surface area contributed by atoms with Gasteiger partial charge >= 0.3 is 6.61 Å². The molecule has 1 N–H and O–H groups in total. The third-order valence-electron chi connectivity index (χ3n) is 3.34. The monoisotopic (exact) mass is 307 g/mol. The molecule has 0 heterocycles. The lowest BCUT2D eigenvalue weighted by atomic mass is 9.93. The highest BCUT2D eigenvalue weighted by molar-refractivity contribution is 5.27. The number of hydrogen-bond donors (Lipinski definition) is 1. The van der Waals surface area contributed by atoms with Crippen LogP contribution in [-0.2, 0) is 6.42 Å². The number of ether oxygens (including phenoxy) is 1. The number of benzene rings is 1. The van der Waals surface area contributed by atoms with E-state index in [1.54, 1.807) is 12.1 Å². The molecule has 0 amide bonds. The molecule has 1 aromatic carbocycles. The second kappa shape index (κ2) is 8.22. The molecule has 120 valence electrons. The molecule has 0 bridgehead atoms. The van der Waals surface area contributed by atoms with Crippen molar-refractivity contribution in [3.63, 3.8) is 0 Å². The lowest BCUT2D eigenvalue weighted by Crippen LogP contribution is -2.49. The minimum atomic E-state index is -2.86. The Balaban J connectivity index is 2.59. The van der Waals surface area contributed by atoms with Gasteiger partial charge in [-0.25, -0.2) is 8.78 Å². The molecule has 2 nitrogen and oxygen atoms in total. The minimum absolute atomic E-state index is 0.0643. The Morgan fingerprint density at radius 2 is 1.76 bits per heavy atom. The first kappa shape index (κ1) is 17.8. The summed E-state index contributed by atoms with van der Waals surface area (Å²) < 4.78 is 54.6. The van der Waals surface area contributed by atoms with Gasteiger partial charge in [0, 0.05) is 0 Å². The van der Waals surface area contributed by atoms with Crippen LogP contribution in [-0.4, -0.2) is 25.1 Å². The molecule has 0 aliphatic carbocycles. The van der Waals surface area contributed by atoms with Crippen molar-refractivity contribution in [2.24, 2.45) is 0 Å². The van der Waals surface area contributed by atoms with Gasteiger partial charge in [-0.2, -0.15) is 8.78 Å². The van der Waals surface area contributed by atoms with Gasteiger partial charge < -0.3 is 10.1 Å². The molecule has 0 saturated heterocycles. The molecule has 0 aliphatic heterocycles. The molecule has 0 fully saturated rings. The molecule has 0 saturated carbocycles. The molecule has 21 heavy (non-hydrogen) atoms. The van der Waals surface area contributed by atoms with Crippen LogP contribution in [0.5, 0.6) is 5.75 Å². The predicted octanol–water partition coefficient (Wildman–Crippen LogP) is 4.24. The lowest BCUT2D eigenvalue weighted by molar-refractivity contribution is -0.0498. The number of halogens is 4. The van der Waals surface area contributed by atoms with Gasteiger partial charge in [0.2, 0.25) is 0 Å². The zero-order valence-corrected chi connectivity index (χ0v) is 12.2. The van der Waals surface area contributed by atoms with E-state index in [0.29, 0.717) is 13.0 Å². The highest BCUT2D eigenvalue weighted by Gasteiger charge is 2.33. The maximum atomic E-state index is 13.2. The fourth-order valence-electron chi connectivity index (χ4n) is 1.93. The molecule has 0 aromatic heterocycles. The standard InChI is InChI=1S/C15H21F4NO/c1-3-10-20-15(2,13(16)17)9-8-11-4-6-12(7-5-11)21-14(18)19/h4-7,13-14,20H,3,8-10H2,1-2H3. The fourth-order valence-corrected chi connectivity index (χ4v) is 1.93. The van der Waals surface area contributed by atoms with E-state index in [0.717, 1.165) is 12.0 Å². The molecule has 1 aromatic rings. The summed E-state index contributed by atoms with van der Waals surface area (Å²) in [5.74, 6) is 0.0643. The number of rotatable bonds is 9. The van der Waals surface area contributed by atoms with Crippen molar-refractivity contribution in [3.05, 3.63) is 29.8 Å². The summed E-state index contributed by atoms with van der Waals surface area (Å²) in [6.45, 7) is 1.08. The van der Waals surface area contributed by atoms with Gasteiger partial charge in [-0.05, 0) is 50.4 Å². The molecule has 0 spiro atoms. The van der Waals surface area contributed by atoms with Gasteiger partial charge in [-0.3, -0.25) is 0 Å². The summed E-state index contributed by atoms with van der Waals surface area (Å²) in [6, 6.07) is 6.06. The van der Waals surface area contributed by atoms with Gasteiger partial charge in [-0.1, -0.05) is 19.1 Å². The smallest absolute Gasteiger partial charge is 0.387 e. The third-order valence-corrected chi connectivity index (χ3v) is 3.34. The first-order valence-electron chi connectivity index (χ1n) is 6.94. The van der Waals surface area contributed by atoms with E-state index in [4.69, 9.17) is 0 Å². The Kier molecular flexibility index (Phi) is 6.95. The number of hydrogen-bond acceptors (Lipinski definition) is 2. The van der Waals surface area contributed by atoms with Gasteiger partial charge in [0.05, 0.1) is 5.54 Å². The summed E-state index contributed by atoms with van der Waals surface area (Å²) in [7, 11) is 0. The van der Waals surface area contributed by atoms with E-state index in [2.05, 4.69) is 10.1 Å². The summed E-state index contributed by atoms with van der Waals surface area (Å²) in [5, 5.41) is 2.88. The van der Waals surface area contributed by atoms with Gasteiger partial charge in [0.15, 0.2) is 0 Å². The van der Waals surface area contributed by atoms with Crippen molar-refractivity contribution in [2.75, 3.05) is 6.54 Å². The Labute approximate surface area is 122 Å². The zero-order valence-electron chi connectivity index (χ0n) is 12.2. The largest absolute Gasteiger partial charge is 0.435 e. The first-order chi connectivity index (χ1) is 9.87. The van der Waals surface area contributed by atoms with E-state index in [9.17, 15) is 17.6 Å². The van der Waals surface area contributed by atoms with Crippen LogP contribution >= 0.6 is 0 Å². The van der Waals surface area contributed by atoms with Crippen molar-refractivity contribution in [3.8, 4) is 5.75 Å². The molecule has 6 heteroatoms. The summed E-state index contributed by atoms with van der Waals surface area (Å²) in [6.07, 6.45) is -0.987. The summed E-state index contributed by atoms with van der Waals surface area (Å²) in [4.78, 5) is 0. The molecule has 1 rings (SSSR count). The molecule has 0 aliphatic rings. The van der Waals surface area contributed by atoms with Crippen LogP contribution in [0.2, 0.25) is 0 Å². The average Bonchev–Trinajstić information content (AvgIpc) is 2.43. The van der Waals surface area contributed by atoms with E-state index < -0.39 is 18.6 Å². The van der Waals surface area contributed by atoms with Crippen LogP contribution in [0.4, 0.5) is 17.6 Å². The van der Waals surface area contributed by atoms with Crippen molar-refractivity contribution in [1.82, 2.24) is 5.32 Å². The van der Waals surface area contributed by atoms with Gasteiger partial charge in [-0.15, -0.1) is 0 Å². The van der Waals surface area contributed by atoms with E-state index in [1.165, 1.54) is 19.1 Å². The molecule has 1 unspecified atom stereocenters. The van der Waals surface area contributed by atoms with Crippen LogP contribution in [0.25, 0.3) is 0 Å². The summed E-state index contributed by atoms with van der Waals surface area (Å²) >= 11 is 0. The first-order valence-corrected chi connectivity index (χ1v) is 6.94. The Morgan fingerprint density at radius 1 is 1.14 bits per heavy atom. The zero-order chi connectivity index (χ0) is 15.9. The SMILES string of the molecule is CCCNC(C)(CCc1ccc(OC(F)F)cc1)C(F)F. The third kappa shape index (κ3) is 5.91. The average molecular weight is 307 g/mol. The van der Waals surface area contributed by atoms with Crippen molar-refractivity contribution in [2.45, 2.75) is 51.7 Å². The van der Waals surface area contributed by atoms with Crippen molar-refractivity contribution < 1.29 is 22.3 Å². The topological polar surface area (TPSA) is 21.3 Å². The van der Waals surface area contributed by atoms with Crippen LogP contribution in [0, 0.1) is 0 Å². The Morgan fingerprint density at radius 3 is 2.24 bits per heavy atom. The normalized spacial score (nSPS) is 14.5. The molecule has 1 atom stereocenters. The van der Waals surface area contributed by atoms with Crippen molar-refractivity contribution >= 4 is 0 Å². The summed E-state index contributed by atoms with van der Waals surface area (Å²) in [5.41, 5.74) is -0.435. The lowest BCUT2D eigenvalue weighted by Gasteiger charge is -2.30. The van der Waals surface area contributed by atoms with Crippen molar-refractivity contribution in [1.29, 1.82) is 0 Å². The minimum Gasteiger partial charge on any atom is -0.435 e. The fraction of sp³-hybridized carbons (Fsp3) is 0.600. The Bertz CT molecular complexity index is 411. The quantitative estimate of drug-likeness (QED) is 0.689. The van der Waals surface area contributed by atoms with Gasteiger partial charge in [0.25, 0.3) is 6.43 Å². The maximum Gasteiger partial charge on any atom is 0.387 e. The van der Waals surface area contributed by atoms with Gasteiger partial charge in [0.1, 0.15) is 5.75 Å². The van der Waals surface area contributed by atoms with Crippen LogP contribution in [0.15, 0.2) is 24.3 Å². The maximum absolute atomic E-state index is 13.2. The molecular formula is C15H21F4NO. The second-order valence-electron chi connectivity index (χ2n) is 5.17. The van der Waals surface area contributed by atoms with E-state index >= 15 is 0 Å². The van der Waals surface area contributed by atoms with Crippen LogP contribution < -0.4 is 10.1 Å². The highest BCUT2D eigenvalue weighted by Crippen LogP contribution is 2.23.